The van der Waals surface area contributed by atoms with E-state index in [1.165, 1.54) is 44.9 Å². The normalized spacial score (nSPS) is 16.7. The number of nitrogens with two attached hydrogens (primary N) is 1. The average molecular weight is 269 g/mol. The molecule has 1 aliphatic rings. The standard InChI is InChI=1S/C15H31N3O/c1-2-3-4-5-6-7-8-9-10-14(19)13-18-12-11-17-15(18)16/h14,19H,2-13H2,1H3,(H2,16,17). The Balaban J connectivity index is 1.90. The van der Waals surface area contributed by atoms with E-state index in [0.29, 0.717) is 12.5 Å². The van der Waals surface area contributed by atoms with Crippen LogP contribution in [0.2, 0.25) is 0 Å². The molecular formula is C15H31N3O. The van der Waals surface area contributed by atoms with E-state index in [9.17, 15) is 5.11 Å². The van der Waals surface area contributed by atoms with Gasteiger partial charge in [-0.2, -0.15) is 0 Å². The summed E-state index contributed by atoms with van der Waals surface area (Å²) in [4.78, 5) is 6.11. The first-order chi connectivity index (χ1) is 9.24. The summed E-state index contributed by atoms with van der Waals surface area (Å²) in [6, 6.07) is 0. The van der Waals surface area contributed by atoms with Crippen molar-refractivity contribution in [3.05, 3.63) is 0 Å². The SMILES string of the molecule is CCCCCCCCCCC(O)CN1CCN=C1N. The number of hydrogen-bond donors (Lipinski definition) is 2. The van der Waals surface area contributed by atoms with Crippen LogP contribution in [0.15, 0.2) is 4.99 Å². The van der Waals surface area contributed by atoms with Crippen molar-refractivity contribution in [3.63, 3.8) is 0 Å². The number of unbranched alkanes of at least 4 members (excludes halogenated alkanes) is 7. The smallest absolute Gasteiger partial charge is 0.191 e. The molecule has 0 amide bonds. The number of guanidine groups is 1. The summed E-state index contributed by atoms with van der Waals surface area (Å²) >= 11 is 0. The second-order valence-corrected chi connectivity index (χ2v) is 5.60. The van der Waals surface area contributed by atoms with Crippen molar-refractivity contribution >= 4 is 5.96 Å². The highest BCUT2D eigenvalue weighted by molar-refractivity contribution is 5.79. The first-order valence-electron chi connectivity index (χ1n) is 7.97. The summed E-state index contributed by atoms with van der Waals surface area (Å²) in [7, 11) is 0. The lowest BCUT2D eigenvalue weighted by Crippen LogP contribution is -2.39. The van der Waals surface area contributed by atoms with Crippen molar-refractivity contribution < 1.29 is 5.11 Å². The van der Waals surface area contributed by atoms with E-state index < -0.39 is 0 Å². The van der Waals surface area contributed by atoms with Gasteiger partial charge in [-0.1, -0.05) is 58.3 Å². The van der Waals surface area contributed by atoms with Crippen molar-refractivity contribution in [1.82, 2.24) is 4.90 Å². The second-order valence-electron chi connectivity index (χ2n) is 5.60. The Morgan fingerprint density at radius 1 is 1.16 bits per heavy atom. The van der Waals surface area contributed by atoms with Crippen LogP contribution in [0.5, 0.6) is 0 Å². The van der Waals surface area contributed by atoms with Crippen LogP contribution < -0.4 is 5.73 Å². The van der Waals surface area contributed by atoms with Crippen LogP contribution >= 0.6 is 0 Å². The molecular weight excluding hydrogens is 238 g/mol. The molecule has 0 aromatic rings. The lowest BCUT2D eigenvalue weighted by molar-refractivity contribution is 0.133. The van der Waals surface area contributed by atoms with E-state index in [4.69, 9.17) is 5.73 Å². The minimum atomic E-state index is -0.257. The zero-order chi connectivity index (χ0) is 13.9. The van der Waals surface area contributed by atoms with Gasteiger partial charge in [0.25, 0.3) is 0 Å². The maximum Gasteiger partial charge on any atom is 0.191 e. The van der Waals surface area contributed by atoms with Gasteiger partial charge >= 0.3 is 0 Å². The highest BCUT2D eigenvalue weighted by Crippen LogP contribution is 2.11. The van der Waals surface area contributed by atoms with Crippen LogP contribution in [0.1, 0.15) is 64.7 Å². The maximum atomic E-state index is 9.95. The molecule has 112 valence electrons. The fourth-order valence-corrected chi connectivity index (χ4v) is 2.54. The van der Waals surface area contributed by atoms with Crippen LogP contribution in [-0.4, -0.2) is 41.7 Å². The summed E-state index contributed by atoms with van der Waals surface area (Å²) in [5, 5.41) is 9.95. The van der Waals surface area contributed by atoms with Gasteiger partial charge < -0.3 is 15.7 Å². The fraction of sp³-hybridized carbons (Fsp3) is 0.933. The summed E-state index contributed by atoms with van der Waals surface area (Å²) in [5.74, 6) is 0.593. The number of aliphatic hydroxyl groups excluding tert-OH is 1. The molecule has 1 aliphatic heterocycles. The van der Waals surface area contributed by atoms with E-state index in [0.717, 1.165) is 25.9 Å². The lowest BCUT2D eigenvalue weighted by Gasteiger charge is -2.21. The maximum absolute atomic E-state index is 9.95. The number of rotatable bonds is 11. The van der Waals surface area contributed by atoms with Gasteiger partial charge in [-0.3, -0.25) is 4.99 Å². The zero-order valence-corrected chi connectivity index (χ0v) is 12.5. The fourth-order valence-electron chi connectivity index (χ4n) is 2.54. The van der Waals surface area contributed by atoms with Gasteiger partial charge in [0.15, 0.2) is 5.96 Å². The highest BCUT2D eigenvalue weighted by atomic mass is 16.3. The van der Waals surface area contributed by atoms with Gasteiger partial charge in [-0.05, 0) is 6.42 Å². The number of nitrogens with zero attached hydrogens (tertiary/aromatic N) is 2. The van der Waals surface area contributed by atoms with Crippen molar-refractivity contribution in [3.8, 4) is 0 Å². The third-order valence-corrected chi connectivity index (χ3v) is 3.79. The molecule has 0 radical (unpaired) electrons. The molecule has 4 heteroatoms. The van der Waals surface area contributed by atoms with E-state index >= 15 is 0 Å². The molecule has 0 spiro atoms. The summed E-state index contributed by atoms with van der Waals surface area (Å²) in [6.07, 6.45) is 11.1. The van der Waals surface area contributed by atoms with Crippen molar-refractivity contribution in [2.24, 2.45) is 10.7 Å². The summed E-state index contributed by atoms with van der Waals surface area (Å²) < 4.78 is 0. The Labute approximate surface area is 118 Å². The molecule has 3 N–H and O–H groups in total. The Morgan fingerprint density at radius 2 is 1.79 bits per heavy atom. The molecule has 0 saturated carbocycles. The summed E-state index contributed by atoms with van der Waals surface area (Å²) in [5.41, 5.74) is 5.73. The number of hydrogen-bond acceptors (Lipinski definition) is 4. The van der Waals surface area contributed by atoms with Crippen molar-refractivity contribution in [2.45, 2.75) is 70.8 Å². The molecule has 4 nitrogen and oxygen atoms in total. The number of aliphatic imine (C=N–C) groups is 1. The molecule has 0 aliphatic carbocycles. The monoisotopic (exact) mass is 269 g/mol. The van der Waals surface area contributed by atoms with Gasteiger partial charge in [-0.15, -0.1) is 0 Å². The minimum absolute atomic E-state index is 0.257. The lowest BCUT2D eigenvalue weighted by atomic mass is 10.1. The van der Waals surface area contributed by atoms with Crippen LogP contribution in [0, 0.1) is 0 Å². The largest absolute Gasteiger partial charge is 0.391 e. The Hall–Kier alpha value is -0.770. The zero-order valence-electron chi connectivity index (χ0n) is 12.5. The van der Waals surface area contributed by atoms with E-state index in [1.807, 2.05) is 4.90 Å². The van der Waals surface area contributed by atoms with E-state index in [1.54, 1.807) is 0 Å². The molecule has 1 atom stereocenters. The van der Waals surface area contributed by atoms with E-state index in [2.05, 4.69) is 11.9 Å². The highest BCUT2D eigenvalue weighted by Gasteiger charge is 2.16. The van der Waals surface area contributed by atoms with E-state index in [-0.39, 0.29) is 6.10 Å². The topological polar surface area (TPSA) is 61.8 Å². The predicted octanol–water partition coefficient (Wildman–Crippen LogP) is 2.51. The molecule has 0 saturated heterocycles. The third kappa shape index (κ3) is 7.41. The number of β-amino-alcohol motifs (C(OH)–C–C–N with tert-alkyl or cyclic N) is 1. The van der Waals surface area contributed by atoms with Gasteiger partial charge in [0, 0.05) is 13.1 Å². The minimum Gasteiger partial charge on any atom is -0.391 e. The van der Waals surface area contributed by atoms with Crippen LogP contribution in [0.3, 0.4) is 0 Å². The third-order valence-electron chi connectivity index (χ3n) is 3.79. The van der Waals surface area contributed by atoms with Gasteiger partial charge in [-0.25, -0.2) is 0 Å². The van der Waals surface area contributed by atoms with Crippen LogP contribution in [0.4, 0.5) is 0 Å². The van der Waals surface area contributed by atoms with Crippen LogP contribution in [-0.2, 0) is 0 Å². The van der Waals surface area contributed by atoms with Crippen LogP contribution in [0.25, 0.3) is 0 Å². The molecule has 0 aromatic heterocycles. The quantitative estimate of drug-likeness (QED) is 0.567. The predicted molar refractivity (Wildman–Crippen MR) is 81.3 cm³/mol. The molecule has 1 heterocycles. The molecule has 0 fully saturated rings. The summed E-state index contributed by atoms with van der Waals surface area (Å²) in [6.45, 7) is 4.53. The van der Waals surface area contributed by atoms with Gasteiger partial charge in [0.2, 0.25) is 0 Å². The Morgan fingerprint density at radius 3 is 2.37 bits per heavy atom. The first-order valence-corrected chi connectivity index (χ1v) is 7.97. The molecule has 19 heavy (non-hydrogen) atoms. The van der Waals surface area contributed by atoms with Crippen molar-refractivity contribution in [2.75, 3.05) is 19.6 Å². The molecule has 1 rings (SSSR count). The molecule has 1 unspecified atom stereocenters. The first kappa shape index (κ1) is 16.3. The Kier molecular flexibility index (Phi) is 8.63. The second kappa shape index (κ2) is 10.1. The van der Waals surface area contributed by atoms with Gasteiger partial charge in [0.05, 0.1) is 12.6 Å². The molecule has 0 bridgehead atoms. The Bertz CT molecular complexity index is 256. The molecule has 0 aromatic carbocycles. The van der Waals surface area contributed by atoms with Crippen molar-refractivity contribution in [1.29, 1.82) is 0 Å². The average Bonchev–Trinajstić information content (AvgIpc) is 2.78. The number of aliphatic hydroxyl groups is 1. The van der Waals surface area contributed by atoms with Gasteiger partial charge in [0.1, 0.15) is 0 Å².